The minimum absolute atomic E-state index is 0.186. The van der Waals surface area contributed by atoms with Crippen molar-refractivity contribution in [3.8, 4) is 11.1 Å². The Morgan fingerprint density at radius 3 is 2.79 bits per heavy atom. The fraction of sp³-hybridized carbons (Fsp3) is 0.261. The Morgan fingerprint density at radius 2 is 2.00 bits per heavy atom. The summed E-state index contributed by atoms with van der Waals surface area (Å²) in [5.41, 5.74) is 5.61. The molecule has 3 nitrogen and oxygen atoms in total. The summed E-state index contributed by atoms with van der Waals surface area (Å²) in [4.78, 5) is 6.77. The van der Waals surface area contributed by atoms with Gasteiger partial charge < -0.3 is 10.2 Å². The number of hydrogen-bond acceptors (Lipinski definition) is 3. The lowest BCUT2D eigenvalue weighted by Gasteiger charge is -2.45. The number of piperazine rings is 1. The molecular formula is C23H21ClFN3. The molecule has 2 aliphatic heterocycles. The van der Waals surface area contributed by atoms with Gasteiger partial charge in [0.15, 0.2) is 0 Å². The van der Waals surface area contributed by atoms with Crippen LogP contribution >= 0.6 is 11.6 Å². The van der Waals surface area contributed by atoms with Gasteiger partial charge in [0.1, 0.15) is 5.82 Å². The molecule has 5 heteroatoms. The van der Waals surface area contributed by atoms with Crippen LogP contribution in [-0.2, 0) is 12.0 Å². The lowest BCUT2D eigenvalue weighted by Crippen LogP contribution is -2.57. The first-order valence-electron chi connectivity index (χ1n) is 9.58. The van der Waals surface area contributed by atoms with Crippen molar-refractivity contribution >= 4 is 17.3 Å². The topological polar surface area (TPSA) is 28.2 Å². The molecule has 2 aliphatic rings. The first-order chi connectivity index (χ1) is 13.6. The second-order valence-electron chi connectivity index (χ2n) is 7.58. The van der Waals surface area contributed by atoms with Crippen LogP contribution in [0.5, 0.6) is 0 Å². The quantitative estimate of drug-likeness (QED) is 0.683. The molecule has 142 valence electrons. The Labute approximate surface area is 169 Å². The van der Waals surface area contributed by atoms with Crippen molar-refractivity contribution < 1.29 is 4.39 Å². The van der Waals surface area contributed by atoms with Crippen molar-refractivity contribution in [2.75, 3.05) is 24.5 Å². The van der Waals surface area contributed by atoms with Gasteiger partial charge in [-0.05, 0) is 30.2 Å². The van der Waals surface area contributed by atoms with Gasteiger partial charge in [0.25, 0.3) is 0 Å². The van der Waals surface area contributed by atoms with E-state index in [9.17, 15) is 4.39 Å². The van der Waals surface area contributed by atoms with Crippen LogP contribution in [0.2, 0.25) is 5.02 Å². The van der Waals surface area contributed by atoms with Gasteiger partial charge in [-0.15, -0.1) is 0 Å². The third-order valence-electron chi connectivity index (χ3n) is 6.10. The molecule has 1 N–H and O–H groups in total. The fourth-order valence-corrected chi connectivity index (χ4v) is 5.08. The van der Waals surface area contributed by atoms with Crippen LogP contribution in [0.1, 0.15) is 16.8 Å². The summed E-state index contributed by atoms with van der Waals surface area (Å²) in [6, 6.07) is 16.0. The predicted octanol–water partition coefficient (Wildman–Crippen LogP) is 4.71. The van der Waals surface area contributed by atoms with Crippen molar-refractivity contribution in [3.05, 3.63) is 82.4 Å². The lowest BCUT2D eigenvalue weighted by atomic mass is 9.83. The summed E-state index contributed by atoms with van der Waals surface area (Å²) in [7, 11) is 0. The van der Waals surface area contributed by atoms with E-state index in [1.807, 2.05) is 25.1 Å². The van der Waals surface area contributed by atoms with Crippen LogP contribution in [0, 0.1) is 12.7 Å². The fourth-order valence-electron chi connectivity index (χ4n) is 4.80. The highest BCUT2D eigenvalue weighted by Gasteiger charge is 2.48. The molecule has 3 aromatic rings. The Bertz CT molecular complexity index is 1050. The molecule has 1 saturated heterocycles. The van der Waals surface area contributed by atoms with Gasteiger partial charge in [-0.3, -0.25) is 4.98 Å². The van der Waals surface area contributed by atoms with E-state index in [0.717, 1.165) is 54.1 Å². The number of benzene rings is 2. The Morgan fingerprint density at radius 1 is 1.18 bits per heavy atom. The number of nitrogens with zero attached hydrogens (tertiary/aromatic N) is 2. The third kappa shape index (κ3) is 2.48. The zero-order valence-electron chi connectivity index (χ0n) is 15.7. The molecule has 5 rings (SSSR count). The zero-order valence-corrected chi connectivity index (χ0v) is 16.4. The SMILES string of the molecule is Cc1ncccc1-c1c(Cl)c(F)cc2c1CC1(c3ccccc3)CNCCN21. The maximum atomic E-state index is 14.9. The van der Waals surface area contributed by atoms with Crippen molar-refractivity contribution in [2.45, 2.75) is 18.9 Å². The number of aromatic nitrogens is 1. The molecule has 0 radical (unpaired) electrons. The molecule has 2 aromatic carbocycles. The number of anilines is 1. The van der Waals surface area contributed by atoms with Gasteiger partial charge in [-0.2, -0.15) is 0 Å². The molecule has 0 bridgehead atoms. The summed E-state index contributed by atoms with van der Waals surface area (Å²) in [6.07, 6.45) is 2.54. The number of rotatable bonds is 2. The highest BCUT2D eigenvalue weighted by molar-refractivity contribution is 6.34. The Hall–Kier alpha value is -2.43. The third-order valence-corrected chi connectivity index (χ3v) is 6.47. The number of pyridine rings is 1. The molecule has 0 saturated carbocycles. The predicted molar refractivity (Wildman–Crippen MR) is 111 cm³/mol. The standard InChI is InChI=1S/C23H21ClFN3/c1-15-17(8-5-9-27-15)21-18-13-23(16-6-3-2-4-7-16)14-26-10-11-28(23)20(18)12-19(25)22(21)24/h2-9,12,26H,10-11,13-14H2,1H3. The molecule has 1 fully saturated rings. The Kier molecular flexibility index (Phi) is 4.14. The normalized spacial score (nSPS) is 20.8. The zero-order chi connectivity index (χ0) is 19.3. The molecule has 1 aromatic heterocycles. The summed E-state index contributed by atoms with van der Waals surface area (Å²) in [5.74, 6) is -0.374. The molecule has 0 aliphatic carbocycles. The van der Waals surface area contributed by atoms with Crippen LogP contribution in [-0.4, -0.2) is 24.6 Å². The van der Waals surface area contributed by atoms with Gasteiger partial charge in [0, 0.05) is 54.8 Å². The van der Waals surface area contributed by atoms with Crippen molar-refractivity contribution in [2.24, 2.45) is 0 Å². The molecule has 28 heavy (non-hydrogen) atoms. The summed E-state index contributed by atoms with van der Waals surface area (Å²) in [6.45, 7) is 4.46. The maximum absolute atomic E-state index is 14.9. The number of hydrogen-bond donors (Lipinski definition) is 1. The Balaban J connectivity index is 1.77. The summed E-state index contributed by atoms with van der Waals surface area (Å²) >= 11 is 6.54. The summed E-state index contributed by atoms with van der Waals surface area (Å²) < 4.78 is 14.9. The minimum Gasteiger partial charge on any atom is -0.359 e. The van der Waals surface area contributed by atoms with Crippen LogP contribution < -0.4 is 10.2 Å². The van der Waals surface area contributed by atoms with E-state index < -0.39 is 0 Å². The monoisotopic (exact) mass is 393 g/mol. The van der Waals surface area contributed by atoms with E-state index in [4.69, 9.17) is 11.6 Å². The highest BCUT2D eigenvalue weighted by atomic mass is 35.5. The van der Waals surface area contributed by atoms with Crippen molar-refractivity contribution in [3.63, 3.8) is 0 Å². The average molecular weight is 394 g/mol. The number of halogens is 2. The molecule has 0 spiro atoms. The number of aryl methyl sites for hydroxylation is 1. The summed E-state index contributed by atoms with van der Waals surface area (Å²) in [5, 5.41) is 3.74. The highest BCUT2D eigenvalue weighted by Crippen LogP contribution is 2.51. The molecule has 3 heterocycles. The van der Waals surface area contributed by atoms with Crippen LogP contribution in [0.3, 0.4) is 0 Å². The van der Waals surface area contributed by atoms with Gasteiger partial charge in [0.05, 0.1) is 10.6 Å². The molecule has 1 unspecified atom stereocenters. The first-order valence-corrected chi connectivity index (χ1v) is 9.96. The van der Waals surface area contributed by atoms with E-state index in [-0.39, 0.29) is 16.4 Å². The van der Waals surface area contributed by atoms with E-state index in [0.29, 0.717) is 0 Å². The van der Waals surface area contributed by atoms with Gasteiger partial charge in [-0.25, -0.2) is 4.39 Å². The van der Waals surface area contributed by atoms with E-state index in [1.165, 1.54) is 5.56 Å². The number of nitrogens with one attached hydrogen (secondary N) is 1. The van der Waals surface area contributed by atoms with Crippen molar-refractivity contribution in [1.82, 2.24) is 10.3 Å². The second kappa shape index (κ2) is 6.57. The minimum atomic E-state index is -0.374. The first kappa shape index (κ1) is 17.7. The lowest BCUT2D eigenvalue weighted by molar-refractivity contribution is 0.350. The van der Waals surface area contributed by atoms with Gasteiger partial charge in [0.2, 0.25) is 0 Å². The smallest absolute Gasteiger partial charge is 0.144 e. The average Bonchev–Trinajstić information content (AvgIpc) is 3.06. The molecular weight excluding hydrogens is 373 g/mol. The van der Waals surface area contributed by atoms with Crippen LogP contribution in [0.4, 0.5) is 10.1 Å². The molecule has 1 atom stereocenters. The van der Waals surface area contributed by atoms with Gasteiger partial charge >= 0.3 is 0 Å². The molecule has 0 amide bonds. The second-order valence-corrected chi connectivity index (χ2v) is 7.96. The van der Waals surface area contributed by atoms with E-state index in [2.05, 4.69) is 39.5 Å². The van der Waals surface area contributed by atoms with Crippen molar-refractivity contribution in [1.29, 1.82) is 0 Å². The van der Waals surface area contributed by atoms with E-state index in [1.54, 1.807) is 12.3 Å². The van der Waals surface area contributed by atoms with Crippen LogP contribution in [0.15, 0.2) is 54.7 Å². The maximum Gasteiger partial charge on any atom is 0.144 e. The van der Waals surface area contributed by atoms with Crippen LogP contribution in [0.25, 0.3) is 11.1 Å². The largest absolute Gasteiger partial charge is 0.359 e. The number of fused-ring (bicyclic) bond motifs is 3. The van der Waals surface area contributed by atoms with Gasteiger partial charge in [-0.1, -0.05) is 48.0 Å². The van der Waals surface area contributed by atoms with E-state index >= 15 is 0 Å².